The lowest BCUT2D eigenvalue weighted by Gasteiger charge is -2.57. The van der Waals surface area contributed by atoms with Crippen molar-refractivity contribution in [1.29, 1.82) is 0 Å². The van der Waals surface area contributed by atoms with Crippen molar-refractivity contribution >= 4 is 35.0 Å². The van der Waals surface area contributed by atoms with Crippen molar-refractivity contribution in [2.24, 2.45) is 0 Å². The number of amides is 2. The number of likely N-dealkylation sites (tertiary alicyclic amines) is 1. The minimum atomic E-state index is -0.449. The van der Waals surface area contributed by atoms with E-state index in [0.29, 0.717) is 41.2 Å². The zero-order valence-electron chi connectivity index (χ0n) is 25.3. The number of carbonyl (C=O) groups is 2. The molecule has 2 amide bonds. The SMILES string of the molecule is CCN(CC)C(=O)C1([N+]2(CCC(CN(C)C(=O)c3ccc(F)cc3)c3ccc(Cl)c(Cl)c3)CCCCC2)CCNCC1. The third-order valence-corrected chi connectivity index (χ3v) is 10.5. The fourth-order valence-corrected chi connectivity index (χ4v) is 7.59. The summed E-state index contributed by atoms with van der Waals surface area (Å²) in [4.78, 5) is 31.5. The summed E-state index contributed by atoms with van der Waals surface area (Å²) < 4.78 is 14.3. The van der Waals surface area contributed by atoms with E-state index in [-0.39, 0.29) is 17.6 Å². The van der Waals surface area contributed by atoms with Crippen LogP contribution in [-0.4, -0.2) is 91.0 Å². The van der Waals surface area contributed by atoms with Gasteiger partial charge in [0.05, 0.1) is 29.7 Å². The van der Waals surface area contributed by atoms with Gasteiger partial charge < -0.3 is 19.6 Å². The van der Waals surface area contributed by atoms with Gasteiger partial charge in [-0.2, -0.15) is 0 Å². The summed E-state index contributed by atoms with van der Waals surface area (Å²) in [6.07, 6.45) is 5.88. The lowest BCUT2D eigenvalue weighted by Crippen LogP contribution is -2.74. The van der Waals surface area contributed by atoms with Gasteiger partial charge in [-0.05, 0) is 75.1 Å². The van der Waals surface area contributed by atoms with Crippen LogP contribution in [0.2, 0.25) is 10.0 Å². The van der Waals surface area contributed by atoms with E-state index in [0.717, 1.165) is 74.9 Å². The second-order valence-corrected chi connectivity index (χ2v) is 12.8. The highest BCUT2D eigenvalue weighted by Gasteiger charge is 2.57. The maximum atomic E-state index is 14.4. The molecule has 0 spiro atoms. The first-order valence-electron chi connectivity index (χ1n) is 15.5. The first-order valence-corrected chi connectivity index (χ1v) is 16.2. The number of nitrogens with one attached hydrogen (secondary N) is 1. The highest BCUT2D eigenvalue weighted by molar-refractivity contribution is 6.42. The Balaban J connectivity index is 1.67. The van der Waals surface area contributed by atoms with Crippen LogP contribution in [0.1, 0.15) is 74.2 Å². The molecule has 42 heavy (non-hydrogen) atoms. The van der Waals surface area contributed by atoms with E-state index in [1.807, 2.05) is 23.1 Å². The van der Waals surface area contributed by atoms with Crippen molar-refractivity contribution in [1.82, 2.24) is 15.1 Å². The van der Waals surface area contributed by atoms with E-state index in [1.54, 1.807) is 11.9 Å². The molecule has 6 nitrogen and oxygen atoms in total. The highest BCUT2D eigenvalue weighted by atomic mass is 35.5. The van der Waals surface area contributed by atoms with Crippen LogP contribution < -0.4 is 5.32 Å². The zero-order chi connectivity index (χ0) is 30.3. The van der Waals surface area contributed by atoms with Gasteiger partial charge in [0, 0.05) is 70.5 Å². The van der Waals surface area contributed by atoms with Crippen LogP contribution in [0.15, 0.2) is 42.5 Å². The monoisotopic (exact) mass is 619 g/mol. The molecular weight excluding hydrogens is 574 g/mol. The Kier molecular flexibility index (Phi) is 11.3. The van der Waals surface area contributed by atoms with Crippen LogP contribution >= 0.6 is 23.2 Å². The second kappa shape index (κ2) is 14.5. The van der Waals surface area contributed by atoms with Gasteiger partial charge in [0.2, 0.25) is 0 Å². The quantitative estimate of drug-likeness (QED) is 0.297. The molecular formula is C33H46Cl2FN4O2+. The first-order chi connectivity index (χ1) is 20.2. The first kappa shape index (κ1) is 32.7. The summed E-state index contributed by atoms with van der Waals surface area (Å²) >= 11 is 12.8. The van der Waals surface area contributed by atoms with E-state index in [4.69, 9.17) is 23.2 Å². The van der Waals surface area contributed by atoms with Crippen LogP contribution in [0.3, 0.4) is 0 Å². The Morgan fingerprint density at radius 1 is 0.976 bits per heavy atom. The molecule has 2 aliphatic heterocycles. The predicted molar refractivity (Wildman–Crippen MR) is 169 cm³/mol. The molecule has 2 saturated heterocycles. The summed E-state index contributed by atoms with van der Waals surface area (Å²) in [6, 6.07) is 11.4. The molecule has 2 fully saturated rings. The number of rotatable bonds is 11. The van der Waals surface area contributed by atoms with Gasteiger partial charge in [-0.3, -0.25) is 9.59 Å². The number of hydrogen-bond acceptors (Lipinski definition) is 3. The van der Waals surface area contributed by atoms with Gasteiger partial charge in [-0.1, -0.05) is 29.3 Å². The average Bonchev–Trinajstić information content (AvgIpc) is 3.01. The van der Waals surface area contributed by atoms with Crippen LogP contribution in [0.25, 0.3) is 0 Å². The topological polar surface area (TPSA) is 52.7 Å². The number of nitrogens with zero attached hydrogens (tertiary/aromatic N) is 3. The molecule has 1 atom stereocenters. The fourth-order valence-electron chi connectivity index (χ4n) is 7.28. The maximum Gasteiger partial charge on any atom is 0.284 e. The predicted octanol–water partition coefficient (Wildman–Crippen LogP) is 6.37. The number of piperidine rings is 2. The highest BCUT2D eigenvalue weighted by Crippen LogP contribution is 2.41. The van der Waals surface area contributed by atoms with E-state index in [9.17, 15) is 14.0 Å². The maximum absolute atomic E-state index is 14.4. The molecule has 9 heteroatoms. The van der Waals surface area contributed by atoms with Crippen LogP contribution in [-0.2, 0) is 4.79 Å². The fraction of sp³-hybridized carbons (Fsp3) is 0.576. The summed E-state index contributed by atoms with van der Waals surface area (Å²) in [7, 11) is 1.79. The summed E-state index contributed by atoms with van der Waals surface area (Å²) in [5.74, 6) is -0.253. The number of halogens is 3. The molecule has 1 unspecified atom stereocenters. The van der Waals surface area contributed by atoms with Gasteiger partial charge >= 0.3 is 0 Å². The molecule has 0 saturated carbocycles. The number of carbonyl (C=O) groups excluding carboxylic acids is 2. The third kappa shape index (κ3) is 6.96. The van der Waals surface area contributed by atoms with Gasteiger partial charge in [-0.15, -0.1) is 0 Å². The normalized spacial score (nSPS) is 18.7. The molecule has 0 aromatic heterocycles. The second-order valence-electron chi connectivity index (χ2n) is 12.0. The third-order valence-electron chi connectivity index (χ3n) is 9.71. The summed E-state index contributed by atoms with van der Waals surface area (Å²) in [6.45, 7) is 10.6. The van der Waals surface area contributed by atoms with Crippen LogP contribution in [0.5, 0.6) is 0 Å². The molecule has 0 radical (unpaired) electrons. The average molecular weight is 621 g/mol. The standard InChI is InChI=1S/C33H46Cl2FN4O2/c1-4-39(5-2)32(42)33(16-18-37-19-17-33)40(20-7-6-8-21-40)22-15-27(26-11-14-29(34)30(35)23-26)24-38(3)31(41)25-9-12-28(36)13-10-25/h9-14,23,27,37H,4-8,15-22,24H2,1-3H3/q+1. The molecule has 2 aromatic rings. The summed E-state index contributed by atoms with van der Waals surface area (Å²) in [5, 5.41) is 4.49. The van der Waals surface area contributed by atoms with Gasteiger partial charge in [0.15, 0.2) is 5.54 Å². The molecule has 2 aliphatic rings. The Labute approximate surface area is 260 Å². The van der Waals surface area contributed by atoms with Crippen molar-refractivity contribution in [2.75, 3.05) is 59.4 Å². The van der Waals surface area contributed by atoms with Crippen molar-refractivity contribution in [3.8, 4) is 0 Å². The Morgan fingerprint density at radius 3 is 2.21 bits per heavy atom. The minimum Gasteiger partial charge on any atom is -0.341 e. The number of hydrogen-bond donors (Lipinski definition) is 1. The molecule has 4 rings (SSSR count). The molecule has 0 bridgehead atoms. The molecule has 230 valence electrons. The smallest absolute Gasteiger partial charge is 0.284 e. The zero-order valence-corrected chi connectivity index (χ0v) is 26.8. The van der Waals surface area contributed by atoms with Gasteiger partial charge in [0.25, 0.3) is 11.8 Å². The van der Waals surface area contributed by atoms with Crippen molar-refractivity contribution in [3.63, 3.8) is 0 Å². The number of benzene rings is 2. The van der Waals surface area contributed by atoms with Gasteiger partial charge in [-0.25, -0.2) is 4.39 Å². The van der Waals surface area contributed by atoms with Gasteiger partial charge in [0.1, 0.15) is 5.82 Å². The molecule has 2 heterocycles. The van der Waals surface area contributed by atoms with E-state index >= 15 is 0 Å². The van der Waals surface area contributed by atoms with Crippen molar-refractivity contribution < 1.29 is 18.5 Å². The molecule has 1 N–H and O–H groups in total. The Hall–Kier alpha value is -2.19. The lowest BCUT2D eigenvalue weighted by molar-refractivity contribution is -0.972. The Bertz CT molecular complexity index is 1210. The molecule has 0 aliphatic carbocycles. The summed E-state index contributed by atoms with van der Waals surface area (Å²) in [5.41, 5.74) is 1.02. The lowest BCUT2D eigenvalue weighted by atomic mass is 9.79. The number of likely N-dealkylation sites (N-methyl/N-ethyl adjacent to an activating group) is 2. The molecule has 2 aromatic carbocycles. The Morgan fingerprint density at radius 2 is 1.62 bits per heavy atom. The largest absolute Gasteiger partial charge is 0.341 e. The van der Waals surface area contributed by atoms with Crippen LogP contribution in [0, 0.1) is 5.82 Å². The van der Waals surface area contributed by atoms with E-state index < -0.39 is 5.54 Å². The number of quaternary nitrogens is 1. The van der Waals surface area contributed by atoms with E-state index in [2.05, 4.69) is 19.2 Å². The minimum absolute atomic E-state index is 0.0200. The van der Waals surface area contributed by atoms with Crippen molar-refractivity contribution in [2.45, 2.75) is 63.8 Å². The van der Waals surface area contributed by atoms with Crippen molar-refractivity contribution in [3.05, 3.63) is 69.5 Å². The van der Waals surface area contributed by atoms with E-state index in [1.165, 1.54) is 30.7 Å². The van der Waals surface area contributed by atoms with Crippen LogP contribution in [0.4, 0.5) is 4.39 Å².